The maximum Gasteiger partial charge on any atom is 0.330 e. The molecule has 0 fully saturated rings. The maximum absolute atomic E-state index is 11.7. The van der Waals surface area contributed by atoms with Crippen LogP contribution in [0.4, 0.5) is 0 Å². The zero-order chi connectivity index (χ0) is 12.3. The molecule has 0 aliphatic rings. The van der Waals surface area contributed by atoms with Crippen LogP contribution in [-0.2, 0) is 9.53 Å². The Morgan fingerprint density at radius 1 is 1.50 bits per heavy atom. The van der Waals surface area contributed by atoms with Crippen LogP contribution in [0.3, 0.4) is 0 Å². The van der Waals surface area contributed by atoms with E-state index < -0.39 is 0 Å². The number of hydrogen-bond acceptors (Lipinski definition) is 3. The lowest BCUT2D eigenvalue weighted by molar-refractivity contribution is -0.147. The molecule has 16 heavy (non-hydrogen) atoms. The molecule has 0 saturated heterocycles. The summed E-state index contributed by atoms with van der Waals surface area (Å²) >= 11 is 6.72. The first-order valence-corrected chi connectivity index (χ1v) is 6.68. The molecule has 1 heterocycles. The van der Waals surface area contributed by atoms with Gasteiger partial charge in [0.15, 0.2) is 0 Å². The number of carbonyl (C=O) groups is 1. The first-order chi connectivity index (χ1) is 7.52. The molecule has 0 spiro atoms. The Morgan fingerprint density at radius 3 is 2.50 bits per heavy atom. The van der Waals surface area contributed by atoms with Crippen molar-refractivity contribution in [2.75, 3.05) is 6.61 Å². The van der Waals surface area contributed by atoms with Gasteiger partial charge in [-0.15, -0.1) is 0 Å². The molecule has 0 amide bonds. The number of rotatable bonds is 4. The summed E-state index contributed by atoms with van der Waals surface area (Å²) in [6.07, 6.45) is 0.653. The van der Waals surface area contributed by atoms with Gasteiger partial charge in [0.25, 0.3) is 0 Å². The van der Waals surface area contributed by atoms with E-state index >= 15 is 0 Å². The largest absolute Gasteiger partial charge is 0.464 e. The van der Waals surface area contributed by atoms with Gasteiger partial charge in [0, 0.05) is 0 Å². The van der Waals surface area contributed by atoms with E-state index in [4.69, 9.17) is 4.74 Å². The Labute approximate surface area is 112 Å². The third kappa shape index (κ3) is 2.66. The SMILES string of the molecule is CCOC(=O)C(CC)n1nc(Br)c(Br)c1C. The molecule has 1 unspecified atom stereocenters. The highest BCUT2D eigenvalue weighted by molar-refractivity contribution is 9.13. The van der Waals surface area contributed by atoms with Crippen molar-refractivity contribution >= 4 is 37.8 Å². The lowest BCUT2D eigenvalue weighted by Gasteiger charge is -2.15. The van der Waals surface area contributed by atoms with Crippen LogP contribution in [0.15, 0.2) is 9.08 Å². The number of halogens is 2. The van der Waals surface area contributed by atoms with Gasteiger partial charge in [-0.1, -0.05) is 6.92 Å². The summed E-state index contributed by atoms with van der Waals surface area (Å²) in [7, 11) is 0. The van der Waals surface area contributed by atoms with Crippen molar-refractivity contribution in [2.45, 2.75) is 33.2 Å². The summed E-state index contributed by atoms with van der Waals surface area (Å²) in [5.41, 5.74) is 0.909. The van der Waals surface area contributed by atoms with Crippen molar-refractivity contribution in [1.29, 1.82) is 0 Å². The summed E-state index contributed by atoms with van der Waals surface area (Å²) in [5.74, 6) is -0.240. The fourth-order valence-corrected chi connectivity index (χ4v) is 2.16. The summed E-state index contributed by atoms with van der Waals surface area (Å²) in [5, 5.41) is 4.27. The fraction of sp³-hybridized carbons (Fsp3) is 0.600. The normalized spacial score (nSPS) is 12.6. The first kappa shape index (κ1) is 13.7. The van der Waals surface area contributed by atoms with Gasteiger partial charge >= 0.3 is 5.97 Å². The number of esters is 1. The van der Waals surface area contributed by atoms with Crippen LogP contribution in [0.2, 0.25) is 0 Å². The van der Waals surface area contributed by atoms with Crippen LogP contribution in [0.25, 0.3) is 0 Å². The Hall–Kier alpha value is -0.360. The summed E-state index contributed by atoms with van der Waals surface area (Å²) in [4.78, 5) is 11.7. The van der Waals surface area contributed by atoms with Gasteiger partial charge in [-0.3, -0.25) is 4.68 Å². The minimum absolute atomic E-state index is 0.240. The quantitative estimate of drug-likeness (QED) is 0.780. The van der Waals surface area contributed by atoms with Crippen LogP contribution >= 0.6 is 31.9 Å². The molecule has 0 radical (unpaired) electrons. The van der Waals surface area contributed by atoms with Crippen molar-refractivity contribution in [3.63, 3.8) is 0 Å². The van der Waals surface area contributed by atoms with E-state index in [1.54, 1.807) is 11.6 Å². The molecule has 1 aromatic rings. The number of nitrogens with zero attached hydrogens (tertiary/aromatic N) is 2. The predicted molar refractivity (Wildman–Crippen MR) is 68.3 cm³/mol. The Morgan fingerprint density at radius 2 is 2.12 bits per heavy atom. The highest BCUT2D eigenvalue weighted by Crippen LogP contribution is 2.28. The number of carbonyl (C=O) groups excluding carboxylic acids is 1. The van der Waals surface area contributed by atoms with Crippen molar-refractivity contribution in [1.82, 2.24) is 9.78 Å². The van der Waals surface area contributed by atoms with Crippen molar-refractivity contribution in [3.8, 4) is 0 Å². The standard InChI is InChI=1S/C10H14Br2N2O2/c1-4-7(10(15)16-5-2)14-6(3)8(11)9(12)13-14/h7H,4-5H2,1-3H3. The molecule has 6 heteroatoms. The van der Waals surface area contributed by atoms with Crippen LogP contribution in [0, 0.1) is 6.92 Å². The highest BCUT2D eigenvalue weighted by Gasteiger charge is 2.24. The van der Waals surface area contributed by atoms with Crippen LogP contribution < -0.4 is 0 Å². The Bertz CT molecular complexity index is 390. The van der Waals surface area contributed by atoms with Crippen LogP contribution in [0.1, 0.15) is 32.0 Å². The average Bonchev–Trinajstić information content (AvgIpc) is 2.48. The third-order valence-electron chi connectivity index (χ3n) is 2.28. The molecule has 4 nitrogen and oxygen atoms in total. The molecule has 0 N–H and O–H groups in total. The molecule has 0 aliphatic heterocycles. The maximum atomic E-state index is 11.7. The molecular formula is C10H14Br2N2O2. The summed E-state index contributed by atoms with van der Waals surface area (Å²) in [6.45, 7) is 6.03. The lowest BCUT2D eigenvalue weighted by Crippen LogP contribution is -2.23. The second kappa shape index (κ2) is 5.82. The molecule has 0 saturated carbocycles. The molecule has 1 aromatic heterocycles. The first-order valence-electron chi connectivity index (χ1n) is 5.09. The molecular weight excluding hydrogens is 340 g/mol. The summed E-state index contributed by atoms with van der Waals surface area (Å²) < 4.78 is 8.28. The zero-order valence-electron chi connectivity index (χ0n) is 9.46. The zero-order valence-corrected chi connectivity index (χ0v) is 12.6. The van der Waals surface area contributed by atoms with E-state index in [-0.39, 0.29) is 12.0 Å². The fourth-order valence-electron chi connectivity index (χ4n) is 1.44. The molecule has 1 atom stereocenters. The van der Waals surface area contributed by atoms with Gasteiger partial charge in [-0.2, -0.15) is 5.10 Å². The second-order valence-corrected chi connectivity index (χ2v) is 4.86. The number of ether oxygens (including phenoxy) is 1. The average molecular weight is 354 g/mol. The topological polar surface area (TPSA) is 44.1 Å². The van der Waals surface area contributed by atoms with Crippen LogP contribution in [-0.4, -0.2) is 22.4 Å². The minimum atomic E-state index is -0.359. The van der Waals surface area contributed by atoms with Gasteiger partial charge in [-0.05, 0) is 52.1 Å². The number of hydrogen-bond donors (Lipinski definition) is 0. The number of aromatic nitrogens is 2. The molecule has 0 aromatic carbocycles. The van der Waals surface area contributed by atoms with Crippen LogP contribution in [0.5, 0.6) is 0 Å². The van der Waals surface area contributed by atoms with Crippen molar-refractivity contribution in [2.24, 2.45) is 0 Å². The molecule has 90 valence electrons. The smallest absolute Gasteiger partial charge is 0.330 e. The highest BCUT2D eigenvalue weighted by atomic mass is 79.9. The van der Waals surface area contributed by atoms with Crippen molar-refractivity contribution < 1.29 is 9.53 Å². The van der Waals surface area contributed by atoms with E-state index in [1.165, 1.54) is 0 Å². The summed E-state index contributed by atoms with van der Waals surface area (Å²) in [6, 6.07) is -0.359. The van der Waals surface area contributed by atoms with Gasteiger partial charge in [0.1, 0.15) is 10.6 Å². The molecule has 0 bridgehead atoms. The Balaban J connectivity index is 3.04. The third-order valence-corrected chi connectivity index (χ3v) is 4.32. The van der Waals surface area contributed by atoms with Gasteiger partial charge in [0.05, 0.1) is 16.8 Å². The van der Waals surface area contributed by atoms with Gasteiger partial charge in [0.2, 0.25) is 0 Å². The van der Waals surface area contributed by atoms with Crippen molar-refractivity contribution in [3.05, 3.63) is 14.8 Å². The van der Waals surface area contributed by atoms with E-state index in [9.17, 15) is 4.79 Å². The van der Waals surface area contributed by atoms with Gasteiger partial charge in [-0.25, -0.2) is 4.79 Å². The minimum Gasteiger partial charge on any atom is -0.464 e. The van der Waals surface area contributed by atoms with E-state index in [1.807, 2.05) is 13.8 Å². The molecule has 1 rings (SSSR count). The lowest BCUT2D eigenvalue weighted by atomic mass is 10.2. The second-order valence-electron chi connectivity index (χ2n) is 3.31. The predicted octanol–water partition coefficient (Wildman–Crippen LogP) is 3.23. The Kier molecular flexibility index (Phi) is 4.98. The van der Waals surface area contributed by atoms with E-state index in [0.29, 0.717) is 17.6 Å². The van der Waals surface area contributed by atoms with E-state index in [0.717, 1.165) is 10.2 Å². The molecule has 0 aliphatic carbocycles. The monoisotopic (exact) mass is 352 g/mol. The van der Waals surface area contributed by atoms with E-state index in [2.05, 4.69) is 37.0 Å². The van der Waals surface area contributed by atoms with Gasteiger partial charge < -0.3 is 4.74 Å².